The van der Waals surface area contributed by atoms with Gasteiger partial charge in [-0.3, -0.25) is 14.5 Å². The van der Waals surface area contributed by atoms with Gasteiger partial charge in [0.1, 0.15) is 11.4 Å². The minimum absolute atomic E-state index is 0.0684. The van der Waals surface area contributed by atoms with Crippen molar-refractivity contribution in [3.63, 3.8) is 0 Å². The van der Waals surface area contributed by atoms with Crippen LogP contribution in [-0.2, 0) is 9.59 Å². The van der Waals surface area contributed by atoms with Gasteiger partial charge in [-0.2, -0.15) is 0 Å². The summed E-state index contributed by atoms with van der Waals surface area (Å²) in [7, 11) is 0. The molecule has 0 unspecified atom stereocenters. The molecule has 0 aromatic heterocycles. The number of carbonyl (C=O) groups is 2. The molecule has 140 valence electrons. The Kier molecular flexibility index (Phi) is 5.31. The Morgan fingerprint density at radius 1 is 1.04 bits per heavy atom. The van der Waals surface area contributed by atoms with E-state index in [1.165, 1.54) is 4.90 Å². The van der Waals surface area contributed by atoms with E-state index in [4.69, 9.17) is 4.74 Å². The number of nitrogens with zero attached hydrogens (tertiary/aromatic N) is 1. The first-order valence-electron chi connectivity index (χ1n) is 9.12. The standard InChI is InChI=1S/C22H24N2O3/c1-5-24-21(25)19(16-9-11-18(12-10-16)27-14(2)3)20(22(24)26)23-17-8-6-7-15(4)13-17/h6-14,23H,5H2,1-4H3. The van der Waals surface area contributed by atoms with Crippen LogP contribution in [-0.4, -0.2) is 29.4 Å². The summed E-state index contributed by atoms with van der Waals surface area (Å²) in [5, 5.41) is 3.16. The summed E-state index contributed by atoms with van der Waals surface area (Å²) in [5.41, 5.74) is 3.24. The largest absolute Gasteiger partial charge is 0.491 e. The van der Waals surface area contributed by atoms with Gasteiger partial charge in [0.05, 0.1) is 11.7 Å². The van der Waals surface area contributed by atoms with E-state index in [1.807, 2.05) is 69.3 Å². The fraction of sp³-hybridized carbons (Fsp3) is 0.273. The Bertz CT molecular complexity index is 898. The first kappa shape index (κ1) is 18.7. The van der Waals surface area contributed by atoms with Crippen LogP contribution in [0.4, 0.5) is 5.69 Å². The zero-order valence-electron chi connectivity index (χ0n) is 16.1. The molecular weight excluding hydrogens is 340 g/mol. The molecule has 0 saturated carbocycles. The molecule has 27 heavy (non-hydrogen) atoms. The van der Waals surface area contributed by atoms with Crippen molar-refractivity contribution in [3.8, 4) is 5.75 Å². The second-order valence-electron chi connectivity index (χ2n) is 6.79. The van der Waals surface area contributed by atoms with E-state index in [0.29, 0.717) is 23.4 Å². The second-order valence-corrected chi connectivity index (χ2v) is 6.79. The van der Waals surface area contributed by atoms with E-state index in [-0.39, 0.29) is 17.9 Å². The van der Waals surface area contributed by atoms with Crippen molar-refractivity contribution in [3.05, 3.63) is 65.4 Å². The molecule has 0 radical (unpaired) electrons. The molecule has 0 bridgehead atoms. The average molecular weight is 364 g/mol. The number of rotatable bonds is 6. The van der Waals surface area contributed by atoms with Gasteiger partial charge in [0.15, 0.2) is 0 Å². The molecule has 0 saturated heterocycles. The van der Waals surface area contributed by atoms with Crippen LogP contribution in [0, 0.1) is 6.92 Å². The summed E-state index contributed by atoms with van der Waals surface area (Å²) in [6, 6.07) is 15.0. The molecule has 1 N–H and O–H groups in total. The van der Waals surface area contributed by atoms with Gasteiger partial charge >= 0.3 is 0 Å². The van der Waals surface area contributed by atoms with Crippen LogP contribution < -0.4 is 10.1 Å². The van der Waals surface area contributed by atoms with Crippen LogP contribution in [0.2, 0.25) is 0 Å². The van der Waals surface area contributed by atoms with Crippen LogP contribution in [0.25, 0.3) is 5.57 Å². The lowest BCUT2D eigenvalue weighted by molar-refractivity contribution is -0.136. The fourth-order valence-electron chi connectivity index (χ4n) is 3.09. The topological polar surface area (TPSA) is 58.6 Å². The van der Waals surface area contributed by atoms with E-state index in [9.17, 15) is 9.59 Å². The van der Waals surface area contributed by atoms with Crippen molar-refractivity contribution in [2.24, 2.45) is 0 Å². The Labute approximate surface area is 159 Å². The summed E-state index contributed by atoms with van der Waals surface area (Å²) in [4.78, 5) is 26.9. The first-order chi connectivity index (χ1) is 12.9. The second kappa shape index (κ2) is 7.66. The van der Waals surface area contributed by atoms with Gasteiger partial charge in [-0.05, 0) is 63.1 Å². The molecular formula is C22H24N2O3. The van der Waals surface area contributed by atoms with Crippen molar-refractivity contribution in [1.29, 1.82) is 0 Å². The van der Waals surface area contributed by atoms with E-state index in [2.05, 4.69) is 5.32 Å². The average Bonchev–Trinajstić information content (AvgIpc) is 2.85. The van der Waals surface area contributed by atoms with Gasteiger partial charge in [-0.1, -0.05) is 24.3 Å². The molecule has 2 aromatic rings. The maximum Gasteiger partial charge on any atom is 0.278 e. The summed E-state index contributed by atoms with van der Waals surface area (Å²) in [6.45, 7) is 8.02. The minimum atomic E-state index is -0.304. The number of hydrogen-bond donors (Lipinski definition) is 1. The zero-order valence-corrected chi connectivity index (χ0v) is 16.1. The van der Waals surface area contributed by atoms with E-state index in [0.717, 1.165) is 17.0 Å². The summed E-state index contributed by atoms with van der Waals surface area (Å²) < 4.78 is 5.66. The number of nitrogens with one attached hydrogen (secondary N) is 1. The van der Waals surface area contributed by atoms with Gasteiger partial charge in [-0.25, -0.2) is 0 Å². The van der Waals surface area contributed by atoms with Crippen molar-refractivity contribution in [2.45, 2.75) is 33.8 Å². The quantitative estimate of drug-likeness (QED) is 0.787. The predicted molar refractivity (Wildman–Crippen MR) is 106 cm³/mol. The molecule has 0 spiro atoms. The highest BCUT2D eigenvalue weighted by atomic mass is 16.5. The fourth-order valence-corrected chi connectivity index (χ4v) is 3.09. The van der Waals surface area contributed by atoms with Gasteiger partial charge in [0.25, 0.3) is 11.8 Å². The number of ether oxygens (including phenoxy) is 1. The Morgan fingerprint density at radius 3 is 2.33 bits per heavy atom. The predicted octanol–water partition coefficient (Wildman–Crippen LogP) is 3.99. The molecule has 5 nitrogen and oxygen atoms in total. The number of anilines is 1. The Hall–Kier alpha value is -3.08. The van der Waals surface area contributed by atoms with Crippen molar-refractivity contribution in [2.75, 3.05) is 11.9 Å². The third-order valence-corrected chi connectivity index (χ3v) is 4.29. The first-order valence-corrected chi connectivity index (χ1v) is 9.12. The lowest BCUT2D eigenvalue weighted by atomic mass is 10.0. The van der Waals surface area contributed by atoms with Gasteiger partial charge in [0.2, 0.25) is 0 Å². The normalized spacial score (nSPS) is 14.3. The van der Waals surface area contributed by atoms with Gasteiger partial charge in [-0.15, -0.1) is 0 Å². The highest BCUT2D eigenvalue weighted by Gasteiger charge is 2.38. The highest BCUT2D eigenvalue weighted by Crippen LogP contribution is 2.31. The smallest absolute Gasteiger partial charge is 0.278 e. The zero-order chi connectivity index (χ0) is 19.6. The third kappa shape index (κ3) is 3.87. The summed E-state index contributed by atoms with van der Waals surface area (Å²) in [6.07, 6.45) is 0.0684. The van der Waals surface area contributed by atoms with E-state index in [1.54, 1.807) is 6.92 Å². The van der Waals surface area contributed by atoms with Crippen LogP contribution >= 0.6 is 0 Å². The van der Waals surface area contributed by atoms with Crippen molar-refractivity contribution in [1.82, 2.24) is 4.90 Å². The van der Waals surface area contributed by atoms with Gasteiger partial charge < -0.3 is 10.1 Å². The number of aryl methyl sites for hydroxylation is 1. The van der Waals surface area contributed by atoms with Crippen molar-refractivity contribution < 1.29 is 14.3 Å². The Morgan fingerprint density at radius 2 is 1.74 bits per heavy atom. The molecule has 2 aromatic carbocycles. The number of carbonyl (C=O) groups excluding carboxylic acids is 2. The molecule has 2 amide bonds. The van der Waals surface area contributed by atoms with Crippen molar-refractivity contribution >= 4 is 23.1 Å². The SMILES string of the molecule is CCN1C(=O)C(Nc2cccc(C)c2)=C(c2ccc(OC(C)C)cc2)C1=O. The lowest BCUT2D eigenvalue weighted by Crippen LogP contribution is -2.32. The number of benzene rings is 2. The van der Waals surface area contributed by atoms with Crippen LogP contribution in [0.3, 0.4) is 0 Å². The monoisotopic (exact) mass is 364 g/mol. The molecule has 3 rings (SSSR count). The number of hydrogen-bond acceptors (Lipinski definition) is 4. The molecule has 1 aliphatic heterocycles. The van der Waals surface area contributed by atoms with E-state index >= 15 is 0 Å². The van der Waals surface area contributed by atoms with E-state index < -0.39 is 0 Å². The molecule has 0 fully saturated rings. The van der Waals surface area contributed by atoms with Crippen LogP contribution in [0.5, 0.6) is 5.75 Å². The molecule has 0 aliphatic carbocycles. The lowest BCUT2D eigenvalue weighted by Gasteiger charge is -2.12. The number of imide groups is 1. The number of amides is 2. The summed E-state index contributed by atoms with van der Waals surface area (Å²) >= 11 is 0. The maximum atomic E-state index is 12.9. The molecule has 1 aliphatic rings. The summed E-state index contributed by atoms with van der Waals surface area (Å²) in [5.74, 6) is 0.142. The van der Waals surface area contributed by atoms with Crippen LogP contribution in [0.15, 0.2) is 54.2 Å². The Balaban J connectivity index is 2.01. The molecule has 5 heteroatoms. The number of likely N-dealkylation sites (N-methyl/N-ethyl adjacent to an activating group) is 1. The third-order valence-electron chi connectivity index (χ3n) is 4.29. The maximum absolute atomic E-state index is 12.9. The minimum Gasteiger partial charge on any atom is -0.491 e. The van der Waals surface area contributed by atoms with Gasteiger partial charge in [0, 0.05) is 12.2 Å². The molecule has 0 atom stereocenters. The molecule has 1 heterocycles. The highest BCUT2D eigenvalue weighted by molar-refractivity contribution is 6.36. The van der Waals surface area contributed by atoms with Crippen LogP contribution in [0.1, 0.15) is 31.9 Å².